The fourth-order valence-corrected chi connectivity index (χ4v) is 3.73. The first-order valence-corrected chi connectivity index (χ1v) is 11.2. The van der Waals surface area contributed by atoms with Crippen LogP contribution in [0.25, 0.3) is 11.1 Å². The normalized spacial score (nSPS) is 11.2. The van der Waals surface area contributed by atoms with Gasteiger partial charge in [-0.2, -0.15) is 0 Å². The van der Waals surface area contributed by atoms with Gasteiger partial charge in [-0.1, -0.05) is 77.5 Å². The number of carbonyl (C=O) groups excluding carboxylic acids is 1. The zero-order chi connectivity index (χ0) is 21.2. The summed E-state index contributed by atoms with van der Waals surface area (Å²) in [6, 6.07) is 6.29. The van der Waals surface area contributed by atoms with Gasteiger partial charge in [0.05, 0.1) is 6.61 Å². The number of ether oxygens (including phenoxy) is 1. The largest absolute Gasteiger partial charge is 0.461 e. The smallest absolute Gasteiger partial charge is 0.357 e. The van der Waals surface area contributed by atoms with E-state index in [2.05, 4.69) is 37.9 Å². The van der Waals surface area contributed by atoms with E-state index in [4.69, 9.17) is 4.74 Å². The van der Waals surface area contributed by atoms with Gasteiger partial charge in [-0.3, -0.25) is 0 Å². The van der Waals surface area contributed by atoms with Gasteiger partial charge >= 0.3 is 5.97 Å². The molecule has 0 amide bonds. The van der Waals surface area contributed by atoms with Gasteiger partial charge in [-0.15, -0.1) is 0 Å². The Kier molecular flexibility index (Phi) is 9.43. The van der Waals surface area contributed by atoms with Crippen LogP contribution in [0.3, 0.4) is 0 Å². The van der Waals surface area contributed by atoms with Crippen LogP contribution in [0.2, 0.25) is 0 Å². The van der Waals surface area contributed by atoms with Gasteiger partial charge in [0.1, 0.15) is 0 Å². The Labute approximate surface area is 175 Å². The van der Waals surface area contributed by atoms with E-state index in [0.29, 0.717) is 5.56 Å². The van der Waals surface area contributed by atoms with E-state index in [-0.39, 0.29) is 18.2 Å². The third kappa shape index (κ3) is 6.45. The molecule has 4 heteroatoms. The van der Waals surface area contributed by atoms with Crippen molar-refractivity contribution in [2.75, 3.05) is 6.61 Å². The molecule has 3 nitrogen and oxygen atoms in total. The summed E-state index contributed by atoms with van der Waals surface area (Å²) in [5, 5.41) is 0. The molecule has 2 rings (SSSR count). The van der Waals surface area contributed by atoms with Crippen molar-refractivity contribution in [3.63, 3.8) is 0 Å². The molecule has 1 aromatic carbocycles. The lowest BCUT2D eigenvalue weighted by atomic mass is 9.90. The molecular formula is C25H36FNO2. The molecule has 2 aromatic rings. The van der Waals surface area contributed by atoms with Crippen molar-refractivity contribution in [1.29, 1.82) is 0 Å². The van der Waals surface area contributed by atoms with E-state index in [0.717, 1.165) is 17.5 Å². The third-order valence-electron chi connectivity index (χ3n) is 5.39. The average Bonchev–Trinajstić information content (AvgIpc) is 3.08. The monoisotopic (exact) mass is 401 g/mol. The van der Waals surface area contributed by atoms with Gasteiger partial charge in [-0.05, 0) is 42.4 Å². The van der Waals surface area contributed by atoms with Crippen molar-refractivity contribution < 1.29 is 13.9 Å². The lowest BCUT2D eigenvalue weighted by Crippen LogP contribution is -2.07. The minimum absolute atomic E-state index is 0.108. The standard InChI is InChI=1S/C25H36FNO2/c1-5-7-8-9-10-11-12-13-19-14-15-20(21(16-19)18(3)4)22-17-27-24(23(22)26)25(28)29-6-2/h14-18,27H,5-13H2,1-4H3. The van der Waals surface area contributed by atoms with E-state index in [1.807, 2.05) is 6.07 Å². The summed E-state index contributed by atoms with van der Waals surface area (Å²) in [4.78, 5) is 14.7. The first-order chi connectivity index (χ1) is 14.0. The van der Waals surface area contributed by atoms with E-state index >= 15 is 0 Å². The van der Waals surface area contributed by atoms with Gasteiger partial charge in [0.2, 0.25) is 0 Å². The number of nitrogens with one attached hydrogen (secondary N) is 1. The number of aryl methyl sites for hydroxylation is 1. The lowest BCUT2D eigenvalue weighted by Gasteiger charge is -2.14. The molecule has 0 aliphatic rings. The number of benzene rings is 1. The number of unbranched alkanes of at least 4 members (excludes halogenated alkanes) is 6. The van der Waals surface area contributed by atoms with Crippen LogP contribution in [0.1, 0.15) is 100 Å². The van der Waals surface area contributed by atoms with Crippen molar-refractivity contribution in [2.24, 2.45) is 0 Å². The molecule has 1 N–H and O–H groups in total. The maximum absolute atomic E-state index is 14.9. The number of rotatable bonds is 12. The quantitative estimate of drug-likeness (QED) is 0.297. The number of carbonyl (C=O) groups is 1. The molecule has 0 spiro atoms. The molecule has 160 valence electrons. The predicted molar refractivity (Wildman–Crippen MR) is 118 cm³/mol. The second-order valence-electron chi connectivity index (χ2n) is 8.06. The summed E-state index contributed by atoms with van der Waals surface area (Å²) >= 11 is 0. The predicted octanol–water partition coefficient (Wildman–Crippen LogP) is 7.41. The van der Waals surface area contributed by atoms with Crippen molar-refractivity contribution >= 4 is 5.97 Å². The van der Waals surface area contributed by atoms with Crippen LogP contribution in [0.15, 0.2) is 24.4 Å². The molecule has 0 fully saturated rings. The number of aromatic amines is 1. The molecule has 0 atom stereocenters. The Hall–Kier alpha value is -2.10. The van der Waals surface area contributed by atoms with Gasteiger partial charge in [-0.25, -0.2) is 9.18 Å². The Balaban J connectivity index is 2.09. The highest BCUT2D eigenvalue weighted by molar-refractivity contribution is 5.90. The highest BCUT2D eigenvalue weighted by atomic mass is 19.1. The van der Waals surface area contributed by atoms with Crippen LogP contribution in [-0.2, 0) is 11.2 Å². The summed E-state index contributed by atoms with van der Waals surface area (Å²) in [6.07, 6.45) is 11.7. The third-order valence-corrected chi connectivity index (χ3v) is 5.39. The minimum atomic E-state index is -0.655. The topological polar surface area (TPSA) is 42.1 Å². The summed E-state index contributed by atoms with van der Waals surface area (Å²) in [5.41, 5.74) is 3.57. The Morgan fingerprint density at radius 3 is 2.38 bits per heavy atom. The highest BCUT2D eigenvalue weighted by Gasteiger charge is 2.22. The molecule has 0 bridgehead atoms. The zero-order valence-corrected chi connectivity index (χ0v) is 18.4. The van der Waals surface area contributed by atoms with Gasteiger partial charge < -0.3 is 9.72 Å². The Morgan fingerprint density at radius 1 is 1.03 bits per heavy atom. The highest BCUT2D eigenvalue weighted by Crippen LogP contribution is 2.33. The van der Waals surface area contributed by atoms with Crippen LogP contribution in [0.4, 0.5) is 4.39 Å². The van der Waals surface area contributed by atoms with Crippen molar-refractivity contribution in [3.8, 4) is 11.1 Å². The second-order valence-corrected chi connectivity index (χ2v) is 8.06. The molecule has 1 aromatic heterocycles. The maximum Gasteiger partial charge on any atom is 0.357 e. The van der Waals surface area contributed by atoms with Gasteiger partial charge in [0.25, 0.3) is 0 Å². The van der Waals surface area contributed by atoms with Gasteiger partial charge in [0.15, 0.2) is 11.5 Å². The van der Waals surface area contributed by atoms with Crippen molar-refractivity contribution in [1.82, 2.24) is 4.98 Å². The fourth-order valence-electron chi connectivity index (χ4n) is 3.73. The van der Waals surface area contributed by atoms with E-state index in [1.54, 1.807) is 13.1 Å². The second kappa shape index (κ2) is 11.8. The van der Waals surface area contributed by atoms with Crippen LogP contribution in [0.5, 0.6) is 0 Å². The number of esters is 1. The molecule has 0 saturated heterocycles. The molecule has 1 heterocycles. The summed E-state index contributed by atoms with van der Waals surface area (Å²) in [5.74, 6) is -0.928. The SMILES string of the molecule is CCCCCCCCCc1ccc(-c2c[nH]c(C(=O)OCC)c2F)c(C(C)C)c1. The summed E-state index contributed by atoms with van der Waals surface area (Å²) in [6.45, 7) is 8.41. The minimum Gasteiger partial charge on any atom is -0.461 e. The molecule has 0 saturated carbocycles. The van der Waals surface area contributed by atoms with Crippen LogP contribution in [0, 0.1) is 5.82 Å². The van der Waals surface area contributed by atoms with E-state index < -0.39 is 11.8 Å². The Bertz CT molecular complexity index is 779. The molecule has 0 aliphatic carbocycles. The van der Waals surface area contributed by atoms with Crippen LogP contribution in [-0.4, -0.2) is 17.6 Å². The van der Waals surface area contributed by atoms with Gasteiger partial charge in [0, 0.05) is 11.8 Å². The van der Waals surface area contributed by atoms with Crippen molar-refractivity contribution in [2.45, 2.75) is 85.0 Å². The maximum atomic E-state index is 14.9. The molecule has 0 radical (unpaired) electrons. The summed E-state index contributed by atoms with van der Waals surface area (Å²) in [7, 11) is 0. The molecular weight excluding hydrogens is 365 g/mol. The number of aromatic nitrogens is 1. The number of hydrogen-bond donors (Lipinski definition) is 1. The van der Waals surface area contributed by atoms with Crippen LogP contribution >= 0.6 is 0 Å². The van der Waals surface area contributed by atoms with E-state index in [1.165, 1.54) is 50.5 Å². The summed E-state index contributed by atoms with van der Waals surface area (Å²) < 4.78 is 19.8. The van der Waals surface area contributed by atoms with Crippen molar-refractivity contribution in [3.05, 3.63) is 47.0 Å². The zero-order valence-electron chi connectivity index (χ0n) is 18.4. The first kappa shape index (κ1) is 23.2. The number of halogens is 1. The van der Waals surface area contributed by atoms with E-state index in [9.17, 15) is 9.18 Å². The molecule has 29 heavy (non-hydrogen) atoms. The first-order valence-electron chi connectivity index (χ1n) is 11.2. The number of H-pyrrole nitrogens is 1. The molecule has 0 aliphatic heterocycles. The fraction of sp³-hybridized carbons (Fsp3) is 0.560. The lowest BCUT2D eigenvalue weighted by molar-refractivity contribution is 0.0515. The molecule has 0 unspecified atom stereocenters. The Morgan fingerprint density at radius 2 is 1.72 bits per heavy atom. The average molecular weight is 402 g/mol. The number of hydrogen-bond acceptors (Lipinski definition) is 2. The van der Waals surface area contributed by atoms with Crippen LogP contribution < -0.4 is 0 Å².